The second kappa shape index (κ2) is 6.10. The van der Waals surface area contributed by atoms with Gasteiger partial charge in [0.15, 0.2) is 0 Å². The highest BCUT2D eigenvalue weighted by Crippen LogP contribution is 2.25. The zero-order valence-corrected chi connectivity index (χ0v) is 12.5. The predicted molar refractivity (Wildman–Crippen MR) is 77.6 cm³/mol. The second-order valence-corrected chi connectivity index (χ2v) is 6.02. The summed E-state index contributed by atoms with van der Waals surface area (Å²) in [6.07, 6.45) is 1.16. The molecule has 0 bridgehead atoms. The average Bonchev–Trinajstić information content (AvgIpc) is 2.69. The lowest BCUT2D eigenvalue weighted by atomic mass is 10.4. The van der Waals surface area contributed by atoms with Crippen LogP contribution in [0.25, 0.3) is 0 Å². The molecule has 0 spiro atoms. The van der Waals surface area contributed by atoms with Gasteiger partial charge in [-0.2, -0.15) is 4.37 Å². The molecule has 2 heterocycles. The Balaban J connectivity index is 1.90. The van der Waals surface area contributed by atoms with Crippen molar-refractivity contribution in [2.45, 2.75) is 13.5 Å². The number of hydrogen-bond acceptors (Lipinski definition) is 5. The van der Waals surface area contributed by atoms with Gasteiger partial charge in [-0.05, 0) is 53.2 Å². The molecule has 0 saturated heterocycles. The van der Waals surface area contributed by atoms with Crippen molar-refractivity contribution in [1.29, 1.82) is 0 Å². The molecule has 7 heteroatoms. The van der Waals surface area contributed by atoms with Crippen LogP contribution in [-0.4, -0.2) is 15.5 Å². The molecule has 0 saturated carbocycles. The van der Waals surface area contributed by atoms with E-state index in [4.69, 9.17) is 4.74 Å². The summed E-state index contributed by atoms with van der Waals surface area (Å²) in [6, 6.07) is 5.46. The third-order valence-electron chi connectivity index (χ3n) is 2.13. The van der Waals surface area contributed by atoms with Crippen LogP contribution in [-0.2, 0) is 11.3 Å². The zero-order chi connectivity index (χ0) is 13.0. The number of carbonyl (C=O) groups is 1. The number of aryl methyl sites for hydroxylation is 1. The Hall–Kier alpha value is -1.22. The van der Waals surface area contributed by atoms with E-state index in [0.717, 1.165) is 8.58 Å². The number of amides is 1. The normalized spacial score (nSPS) is 10.1. The molecule has 1 amide bonds. The van der Waals surface area contributed by atoms with E-state index in [1.165, 1.54) is 11.5 Å². The largest absolute Gasteiger partial charge is 0.443 e. The number of ether oxygens (including phenoxy) is 1. The van der Waals surface area contributed by atoms with Crippen LogP contribution in [0.5, 0.6) is 0 Å². The standard InChI is InChI=1S/C11H10IN3O2S/c1-7-9(10(12)18-15-7)14-11(16)17-6-8-4-2-3-5-13-8/h2-5H,6H2,1H3,(H,14,16). The number of nitrogens with one attached hydrogen (secondary N) is 1. The van der Waals surface area contributed by atoms with E-state index in [1.54, 1.807) is 12.3 Å². The first-order valence-electron chi connectivity index (χ1n) is 5.12. The number of rotatable bonds is 3. The Morgan fingerprint density at radius 2 is 2.39 bits per heavy atom. The number of aromatic nitrogens is 2. The van der Waals surface area contributed by atoms with Gasteiger partial charge < -0.3 is 4.74 Å². The molecule has 0 unspecified atom stereocenters. The Bertz CT molecular complexity index is 525. The minimum absolute atomic E-state index is 0.153. The van der Waals surface area contributed by atoms with Crippen molar-refractivity contribution in [2.75, 3.05) is 5.32 Å². The molecular weight excluding hydrogens is 365 g/mol. The van der Waals surface area contributed by atoms with Crippen LogP contribution in [0.3, 0.4) is 0 Å². The summed E-state index contributed by atoms with van der Waals surface area (Å²) in [5.74, 6) is 0. The van der Waals surface area contributed by atoms with Crippen molar-refractivity contribution in [1.82, 2.24) is 9.36 Å². The maximum absolute atomic E-state index is 11.6. The summed E-state index contributed by atoms with van der Waals surface area (Å²) in [4.78, 5) is 15.7. The maximum atomic E-state index is 11.6. The SMILES string of the molecule is Cc1nsc(I)c1NC(=O)OCc1ccccn1. The van der Waals surface area contributed by atoms with E-state index in [-0.39, 0.29) is 6.61 Å². The Labute approximate surface area is 122 Å². The van der Waals surface area contributed by atoms with Crippen LogP contribution in [0, 0.1) is 9.81 Å². The van der Waals surface area contributed by atoms with Gasteiger partial charge in [0.25, 0.3) is 0 Å². The van der Waals surface area contributed by atoms with E-state index in [1.807, 2.05) is 19.1 Å². The van der Waals surface area contributed by atoms with Crippen LogP contribution in [0.1, 0.15) is 11.4 Å². The molecule has 94 valence electrons. The maximum Gasteiger partial charge on any atom is 0.412 e. The molecule has 0 radical (unpaired) electrons. The smallest absolute Gasteiger partial charge is 0.412 e. The van der Waals surface area contributed by atoms with Crippen LogP contribution < -0.4 is 5.32 Å². The summed E-state index contributed by atoms with van der Waals surface area (Å²) in [7, 11) is 0. The molecule has 2 aromatic heterocycles. The molecule has 18 heavy (non-hydrogen) atoms. The first-order chi connectivity index (χ1) is 8.66. The molecule has 5 nitrogen and oxygen atoms in total. The summed E-state index contributed by atoms with van der Waals surface area (Å²) in [6.45, 7) is 1.99. The summed E-state index contributed by atoms with van der Waals surface area (Å²) >= 11 is 3.47. The molecule has 0 aromatic carbocycles. The van der Waals surface area contributed by atoms with Gasteiger partial charge in [0.2, 0.25) is 0 Å². The number of nitrogens with zero attached hydrogens (tertiary/aromatic N) is 2. The predicted octanol–water partition coefficient (Wildman–Crippen LogP) is 3.20. The zero-order valence-electron chi connectivity index (χ0n) is 9.51. The summed E-state index contributed by atoms with van der Waals surface area (Å²) < 4.78 is 10.1. The molecule has 0 aliphatic heterocycles. The quantitative estimate of drug-likeness (QED) is 0.837. The Morgan fingerprint density at radius 1 is 1.56 bits per heavy atom. The number of halogens is 1. The van der Waals surface area contributed by atoms with Gasteiger partial charge in [0.05, 0.1) is 17.1 Å². The topological polar surface area (TPSA) is 64.1 Å². The first-order valence-corrected chi connectivity index (χ1v) is 6.97. The van der Waals surface area contributed by atoms with Gasteiger partial charge in [-0.3, -0.25) is 10.3 Å². The van der Waals surface area contributed by atoms with Gasteiger partial charge in [-0.1, -0.05) is 6.07 Å². The van der Waals surface area contributed by atoms with Crippen molar-refractivity contribution in [2.24, 2.45) is 0 Å². The van der Waals surface area contributed by atoms with Crippen LogP contribution >= 0.6 is 34.1 Å². The van der Waals surface area contributed by atoms with Gasteiger partial charge in [-0.15, -0.1) is 0 Å². The molecule has 2 rings (SSSR count). The van der Waals surface area contributed by atoms with Gasteiger partial charge in [0, 0.05) is 6.20 Å². The van der Waals surface area contributed by atoms with E-state index in [0.29, 0.717) is 11.4 Å². The van der Waals surface area contributed by atoms with Gasteiger partial charge in [-0.25, -0.2) is 4.79 Å². The molecule has 0 aliphatic carbocycles. The Kier molecular flexibility index (Phi) is 4.48. The van der Waals surface area contributed by atoms with E-state index >= 15 is 0 Å². The molecule has 1 N–H and O–H groups in total. The molecule has 0 atom stereocenters. The second-order valence-electron chi connectivity index (χ2n) is 3.44. The third kappa shape index (κ3) is 3.39. The van der Waals surface area contributed by atoms with Gasteiger partial charge in [0.1, 0.15) is 9.49 Å². The highest BCUT2D eigenvalue weighted by molar-refractivity contribution is 14.1. The molecule has 0 fully saturated rings. The fraction of sp³-hybridized carbons (Fsp3) is 0.182. The van der Waals surface area contributed by atoms with E-state index in [9.17, 15) is 4.79 Å². The van der Waals surface area contributed by atoms with Crippen LogP contribution in [0.15, 0.2) is 24.4 Å². The van der Waals surface area contributed by atoms with Crippen molar-refractivity contribution >= 4 is 45.9 Å². The van der Waals surface area contributed by atoms with E-state index in [2.05, 4.69) is 37.3 Å². The Morgan fingerprint density at radius 3 is 3.00 bits per heavy atom. The van der Waals surface area contributed by atoms with Crippen molar-refractivity contribution < 1.29 is 9.53 Å². The van der Waals surface area contributed by atoms with E-state index < -0.39 is 6.09 Å². The monoisotopic (exact) mass is 375 g/mol. The van der Waals surface area contributed by atoms with Crippen molar-refractivity contribution in [3.8, 4) is 0 Å². The average molecular weight is 375 g/mol. The van der Waals surface area contributed by atoms with Crippen LogP contribution in [0.4, 0.5) is 10.5 Å². The van der Waals surface area contributed by atoms with Gasteiger partial charge >= 0.3 is 6.09 Å². The summed E-state index contributed by atoms with van der Waals surface area (Å²) in [5.41, 5.74) is 2.22. The van der Waals surface area contributed by atoms with Crippen molar-refractivity contribution in [3.05, 3.63) is 38.7 Å². The number of pyridine rings is 1. The fourth-order valence-electron chi connectivity index (χ4n) is 1.24. The first kappa shape index (κ1) is 13.2. The number of hydrogen-bond donors (Lipinski definition) is 1. The minimum atomic E-state index is -0.498. The molecular formula is C11H10IN3O2S. The lowest BCUT2D eigenvalue weighted by molar-refractivity contribution is 0.153. The fourth-order valence-corrected chi connectivity index (χ4v) is 2.66. The third-order valence-corrected chi connectivity index (χ3v) is 3.99. The van der Waals surface area contributed by atoms with Crippen LogP contribution in [0.2, 0.25) is 0 Å². The van der Waals surface area contributed by atoms with Crippen molar-refractivity contribution in [3.63, 3.8) is 0 Å². The minimum Gasteiger partial charge on any atom is -0.443 e. The number of carbonyl (C=O) groups excluding carboxylic acids is 1. The molecule has 2 aromatic rings. The highest BCUT2D eigenvalue weighted by Gasteiger charge is 2.12. The lowest BCUT2D eigenvalue weighted by Gasteiger charge is -2.06. The highest BCUT2D eigenvalue weighted by atomic mass is 127. The number of anilines is 1. The summed E-state index contributed by atoms with van der Waals surface area (Å²) in [5, 5.41) is 2.68. The molecule has 0 aliphatic rings. The lowest BCUT2D eigenvalue weighted by Crippen LogP contribution is -2.14.